The Morgan fingerprint density at radius 1 is 1.25 bits per heavy atom. The normalized spacial score (nSPS) is 29.6. The van der Waals surface area contributed by atoms with Crippen LogP contribution in [0.3, 0.4) is 0 Å². The summed E-state index contributed by atoms with van der Waals surface area (Å²) in [6, 6.07) is -1.08. The minimum Gasteiger partial charge on any atom is -0.395 e. The molecule has 9 heteroatoms. The molecule has 2 aromatic rings. The van der Waals surface area contributed by atoms with Gasteiger partial charge in [-0.1, -0.05) is 0 Å². The van der Waals surface area contributed by atoms with E-state index in [1.54, 1.807) is 6.20 Å². The first-order valence-corrected chi connectivity index (χ1v) is 5.94. The van der Waals surface area contributed by atoms with Crippen LogP contribution in [0.5, 0.6) is 0 Å². The van der Waals surface area contributed by atoms with Crippen molar-refractivity contribution < 1.29 is 15.3 Å². The highest BCUT2D eigenvalue weighted by Crippen LogP contribution is 2.32. The van der Waals surface area contributed by atoms with E-state index in [-0.39, 0.29) is 19.0 Å². The Hall–Kier alpha value is -1.45. The lowest BCUT2D eigenvalue weighted by atomic mass is 10.0. The Kier molecular flexibility index (Phi) is 4.11. The van der Waals surface area contributed by atoms with Crippen molar-refractivity contribution in [3.8, 4) is 0 Å². The zero-order chi connectivity index (χ0) is 13.6. The van der Waals surface area contributed by atoms with Crippen LogP contribution < -0.4 is 11.1 Å². The van der Waals surface area contributed by atoms with E-state index in [0.717, 1.165) is 0 Å². The summed E-state index contributed by atoms with van der Waals surface area (Å²) in [5, 5.41) is 32.0. The third-order valence-electron chi connectivity index (χ3n) is 3.55. The molecule has 0 spiro atoms. The van der Waals surface area contributed by atoms with Crippen LogP contribution in [-0.4, -0.2) is 55.1 Å². The van der Waals surface area contributed by atoms with Gasteiger partial charge in [0.1, 0.15) is 17.9 Å². The third-order valence-corrected chi connectivity index (χ3v) is 3.55. The Morgan fingerprint density at radius 3 is 2.65 bits per heavy atom. The molecule has 4 atom stereocenters. The van der Waals surface area contributed by atoms with E-state index in [1.807, 2.05) is 0 Å². The second kappa shape index (κ2) is 5.51. The van der Waals surface area contributed by atoms with E-state index in [1.165, 1.54) is 6.33 Å². The molecule has 1 saturated heterocycles. The van der Waals surface area contributed by atoms with Crippen molar-refractivity contribution in [1.29, 1.82) is 0 Å². The number of aromatic nitrogens is 3. The van der Waals surface area contributed by atoms with Crippen LogP contribution in [-0.2, 0) is 0 Å². The zero-order valence-electron chi connectivity index (χ0n) is 10.4. The van der Waals surface area contributed by atoms with Crippen molar-refractivity contribution in [2.45, 2.75) is 24.3 Å². The van der Waals surface area contributed by atoms with Gasteiger partial charge in [-0.25, -0.2) is 9.97 Å². The third kappa shape index (κ3) is 2.11. The number of hydrogen-bond acceptors (Lipinski definition) is 7. The summed E-state index contributed by atoms with van der Waals surface area (Å²) < 4.78 is 0. The van der Waals surface area contributed by atoms with Gasteiger partial charge in [0, 0.05) is 11.8 Å². The van der Waals surface area contributed by atoms with Gasteiger partial charge in [-0.15, -0.1) is 12.4 Å². The fraction of sp³-hybridized carbons (Fsp3) is 0.455. The lowest BCUT2D eigenvalue weighted by molar-refractivity contribution is 0.0196. The van der Waals surface area contributed by atoms with E-state index < -0.39 is 24.3 Å². The topological polar surface area (TPSA) is 140 Å². The van der Waals surface area contributed by atoms with Crippen molar-refractivity contribution in [3.63, 3.8) is 0 Å². The first-order valence-electron chi connectivity index (χ1n) is 5.94. The molecular formula is C11H16ClN5O3. The van der Waals surface area contributed by atoms with E-state index in [0.29, 0.717) is 22.4 Å². The molecule has 8 nitrogen and oxygen atoms in total. The summed E-state index contributed by atoms with van der Waals surface area (Å²) in [7, 11) is 0. The number of nitrogens with two attached hydrogens (primary N) is 1. The van der Waals surface area contributed by atoms with Crippen molar-refractivity contribution in [2.24, 2.45) is 0 Å². The molecule has 3 rings (SSSR count). The summed E-state index contributed by atoms with van der Waals surface area (Å²) in [5.41, 5.74) is 7.60. The Balaban J connectivity index is 0.00000147. The molecule has 0 bridgehead atoms. The summed E-state index contributed by atoms with van der Waals surface area (Å²) in [4.78, 5) is 11.0. The molecule has 1 aliphatic heterocycles. The smallest absolute Gasteiger partial charge is 0.151 e. The van der Waals surface area contributed by atoms with Crippen LogP contribution in [0.25, 0.3) is 11.0 Å². The second-order valence-electron chi connectivity index (χ2n) is 4.64. The maximum absolute atomic E-state index is 10.0. The second-order valence-corrected chi connectivity index (χ2v) is 4.64. The highest BCUT2D eigenvalue weighted by atomic mass is 35.5. The van der Waals surface area contributed by atoms with E-state index in [4.69, 9.17) is 10.8 Å². The van der Waals surface area contributed by atoms with Crippen LogP contribution in [0.15, 0.2) is 12.5 Å². The number of H-pyrrole nitrogens is 1. The maximum atomic E-state index is 10.0. The van der Waals surface area contributed by atoms with Crippen molar-refractivity contribution in [2.75, 3.05) is 12.3 Å². The molecule has 3 heterocycles. The maximum Gasteiger partial charge on any atom is 0.151 e. The summed E-state index contributed by atoms with van der Waals surface area (Å²) in [6.07, 6.45) is 0.964. The van der Waals surface area contributed by atoms with Gasteiger partial charge in [0.15, 0.2) is 5.82 Å². The predicted molar refractivity (Wildman–Crippen MR) is 74.3 cm³/mol. The van der Waals surface area contributed by atoms with E-state index in [2.05, 4.69) is 20.3 Å². The van der Waals surface area contributed by atoms with E-state index >= 15 is 0 Å². The number of fused-ring (bicyclic) bond motifs is 1. The van der Waals surface area contributed by atoms with Gasteiger partial charge >= 0.3 is 0 Å². The molecule has 110 valence electrons. The van der Waals surface area contributed by atoms with E-state index in [9.17, 15) is 10.2 Å². The summed E-state index contributed by atoms with van der Waals surface area (Å²) >= 11 is 0. The average molecular weight is 302 g/mol. The number of anilines is 1. The number of aliphatic hydroxyl groups excluding tert-OH is 3. The summed E-state index contributed by atoms with van der Waals surface area (Å²) in [6.45, 7) is -0.256. The van der Waals surface area contributed by atoms with Gasteiger partial charge in [0.25, 0.3) is 0 Å². The fourth-order valence-corrected chi connectivity index (χ4v) is 2.51. The van der Waals surface area contributed by atoms with Gasteiger partial charge in [-0.3, -0.25) is 0 Å². The zero-order valence-corrected chi connectivity index (χ0v) is 11.2. The Morgan fingerprint density at radius 2 is 2.00 bits per heavy atom. The molecule has 1 aliphatic rings. The highest BCUT2D eigenvalue weighted by Gasteiger charge is 2.42. The molecule has 7 N–H and O–H groups in total. The molecule has 1 fully saturated rings. The van der Waals surface area contributed by atoms with Crippen LogP contribution in [0.4, 0.5) is 5.82 Å². The number of nitrogens with one attached hydrogen (secondary N) is 2. The van der Waals surface area contributed by atoms with Crippen LogP contribution in [0.1, 0.15) is 11.6 Å². The lowest BCUT2D eigenvalue weighted by Crippen LogP contribution is -2.35. The van der Waals surface area contributed by atoms with Crippen molar-refractivity contribution >= 4 is 29.3 Å². The molecule has 20 heavy (non-hydrogen) atoms. The molecule has 2 aromatic heterocycles. The number of hydrogen-bond donors (Lipinski definition) is 6. The van der Waals surface area contributed by atoms with Gasteiger partial charge in [-0.05, 0) is 0 Å². The van der Waals surface area contributed by atoms with Gasteiger partial charge in [0.05, 0.1) is 30.3 Å². The quantitative estimate of drug-likeness (QED) is 0.404. The van der Waals surface area contributed by atoms with Crippen LogP contribution in [0, 0.1) is 0 Å². The highest BCUT2D eigenvalue weighted by molar-refractivity contribution is 5.87. The van der Waals surface area contributed by atoms with Crippen molar-refractivity contribution in [3.05, 3.63) is 18.1 Å². The van der Waals surface area contributed by atoms with Gasteiger partial charge in [-0.2, -0.15) is 0 Å². The Bertz CT molecular complexity index is 607. The largest absolute Gasteiger partial charge is 0.395 e. The number of nitrogen functional groups attached to an aromatic ring is 1. The SMILES string of the molecule is Cl.Nc1ncnc2c(C3NC(CO)C(O)C3O)c[nH]c12. The number of aliphatic hydroxyl groups is 3. The molecule has 0 amide bonds. The summed E-state index contributed by atoms with van der Waals surface area (Å²) in [5.74, 6) is 0.322. The monoisotopic (exact) mass is 301 g/mol. The van der Waals surface area contributed by atoms with Crippen LogP contribution in [0.2, 0.25) is 0 Å². The number of aromatic amines is 1. The number of halogens is 1. The molecule has 4 unspecified atom stereocenters. The van der Waals surface area contributed by atoms with Gasteiger partial charge in [0.2, 0.25) is 0 Å². The number of nitrogens with zero attached hydrogens (tertiary/aromatic N) is 2. The molecule has 0 saturated carbocycles. The fourth-order valence-electron chi connectivity index (χ4n) is 2.51. The lowest BCUT2D eigenvalue weighted by Gasteiger charge is -2.14. The van der Waals surface area contributed by atoms with Crippen LogP contribution >= 0.6 is 12.4 Å². The Labute approximate surface area is 120 Å². The predicted octanol–water partition coefficient (Wildman–Crippen LogP) is -1.31. The first kappa shape index (κ1) is 14.9. The number of rotatable bonds is 2. The molecule has 0 radical (unpaired) electrons. The minimum absolute atomic E-state index is 0. The average Bonchev–Trinajstić information content (AvgIpc) is 2.94. The van der Waals surface area contributed by atoms with Gasteiger partial charge < -0.3 is 31.4 Å². The standard InChI is InChI=1S/C11H15N5O3.ClH/c12-11-8-6(14-3-15-11)4(1-13-8)7-10(19)9(18)5(2-17)16-7;/h1,3,5,7,9-10,13,16-19H,2H2,(H2,12,14,15);1H. The molecule has 0 aromatic carbocycles. The minimum atomic E-state index is -1.03. The molecule has 0 aliphatic carbocycles. The van der Waals surface area contributed by atoms with Crippen molar-refractivity contribution in [1.82, 2.24) is 20.3 Å². The molecular weight excluding hydrogens is 286 g/mol. The first-order chi connectivity index (χ1) is 9.13.